The average Bonchev–Trinajstić information content (AvgIpc) is 2.92. The molecule has 0 radical (unpaired) electrons. The number of halogens is 1. The number of hydrogen-bond acceptors (Lipinski definition) is 3. The molecule has 0 fully saturated rings. The number of aliphatic carboxylic acids is 1. The van der Waals surface area contributed by atoms with Crippen molar-refractivity contribution in [1.29, 1.82) is 0 Å². The van der Waals surface area contributed by atoms with E-state index in [1.54, 1.807) is 42.6 Å². The number of carbonyl (C=O) groups is 1. The Bertz CT molecular complexity index is 831. The number of nitrogens with zero attached hydrogens (tertiary/aromatic N) is 1. The first-order valence-corrected chi connectivity index (χ1v) is 7.43. The van der Waals surface area contributed by atoms with Crippen LogP contribution in [0.4, 0.5) is 0 Å². The van der Waals surface area contributed by atoms with Crippen LogP contribution < -0.4 is 4.57 Å². The molecule has 4 nitrogen and oxygen atoms in total. The summed E-state index contributed by atoms with van der Waals surface area (Å²) in [5, 5.41) is 22.8. The molecule has 1 atom stereocenters. The maximum absolute atomic E-state index is 11.7. The molecule has 2 aromatic heterocycles. The summed E-state index contributed by atoms with van der Waals surface area (Å²) in [6.45, 7) is 0. The van der Waals surface area contributed by atoms with Crippen molar-refractivity contribution in [2.45, 2.75) is 6.04 Å². The van der Waals surface area contributed by atoms with Crippen LogP contribution in [0.2, 0.25) is 5.02 Å². The fourth-order valence-corrected chi connectivity index (χ4v) is 3.32. The average molecular weight is 321 g/mol. The van der Waals surface area contributed by atoms with Gasteiger partial charge in [0, 0.05) is 6.07 Å². The number of pyridine rings is 1. The highest BCUT2D eigenvalue weighted by atomic mass is 35.5. The second-order valence-electron chi connectivity index (χ2n) is 4.51. The number of carboxylic acid groups (broad SMARTS) is 1. The molecule has 0 aliphatic heterocycles. The molecule has 0 amide bonds. The highest BCUT2D eigenvalue weighted by Gasteiger charge is 2.34. The number of benzene rings is 1. The molecular formula is C15H11ClNO3S+. The van der Waals surface area contributed by atoms with Crippen LogP contribution in [0.5, 0.6) is 5.88 Å². The number of aromatic nitrogens is 1. The predicted molar refractivity (Wildman–Crippen MR) is 80.9 cm³/mol. The molecule has 0 aliphatic carbocycles. The first-order chi connectivity index (χ1) is 10.1. The van der Waals surface area contributed by atoms with Crippen LogP contribution in [0, 0.1) is 0 Å². The Kier molecular flexibility index (Phi) is 3.53. The molecule has 6 heteroatoms. The summed E-state index contributed by atoms with van der Waals surface area (Å²) in [6.07, 6.45) is 1.57. The highest BCUT2D eigenvalue weighted by Crippen LogP contribution is 2.29. The quantitative estimate of drug-likeness (QED) is 0.728. The molecule has 3 aromatic rings. The zero-order chi connectivity index (χ0) is 15.0. The number of carboxylic acids is 1. The van der Waals surface area contributed by atoms with Gasteiger partial charge in [0.15, 0.2) is 6.20 Å². The van der Waals surface area contributed by atoms with Gasteiger partial charge in [0.1, 0.15) is 5.39 Å². The van der Waals surface area contributed by atoms with E-state index in [1.165, 1.54) is 15.9 Å². The largest absolute Gasteiger partial charge is 0.476 e. The molecule has 0 aliphatic rings. The summed E-state index contributed by atoms with van der Waals surface area (Å²) in [7, 11) is 0. The van der Waals surface area contributed by atoms with Gasteiger partial charge in [-0.3, -0.25) is 0 Å². The third-order valence-corrected chi connectivity index (χ3v) is 4.51. The van der Waals surface area contributed by atoms with E-state index in [0.717, 1.165) is 4.70 Å². The summed E-state index contributed by atoms with van der Waals surface area (Å²) in [4.78, 5) is 11.7. The summed E-state index contributed by atoms with van der Waals surface area (Å²) < 4.78 is 2.21. The molecule has 0 bridgehead atoms. The molecular weight excluding hydrogens is 310 g/mol. The van der Waals surface area contributed by atoms with E-state index >= 15 is 0 Å². The summed E-state index contributed by atoms with van der Waals surface area (Å²) in [6, 6.07) is 9.20. The number of hydrogen-bond donors (Lipinski definition) is 2. The minimum atomic E-state index is -1.09. The van der Waals surface area contributed by atoms with Crippen molar-refractivity contribution in [2.75, 3.05) is 0 Å². The van der Waals surface area contributed by atoms with Gasteiger partial charge < -0.3 is 10.2 Å². The first kappa shape index (κ1) is 13.9. The minimum Gasteiger partial charge on any atom is -0.476 e. The van der Waals surface area contributed by atoms with Crippen LogP contribution in [0.3, 0.4) is 0 Å². The molecule has 0 saturated heterocycles. The van der Waals surface area contributed by atoms with E-state index in [-0.39, 0.29) is 5.88 Å². The SMILES string of the molecule is O=C(O)C(c1ccccc1Cl)[n+]1ccc2sccc2c1O. The number of fused-ring (bicyclic) bond motifs is 1. The van der Waals surface area contributed by atoms with E-state index in [4.69, 9.17) is 11.6 Å². The van der Waals surface area contributed by atoms with Gasteiger partial charge in [-0.05, 0) is 17.5 Å². The Labute approximate surface area is 129 Å². The van der Waals surface area contributed by atoms with Gasteiger partial charge in [-0.25, -0.2) is 4.79 Å². The van der Waals surface area contributed by atoms with Gasteiger partial charge in [0.2, 0.25) is 0 Å². The summed E-state index contributed by atoms with van der Waals surface area (Å²) in [5.74, 6) is -1.17. The molecule has 106 valence electrons. The standard InChI is InChI=1S/C15H10ClNO3S/c16-11-4-2-1-3-9(11)13(15(19)20)17-7-5-12-10(14(17)18)6-8-21-12/h1-8,13H,(H,19,20)/p+1. The van der Waals surface area contributed by atoms with Crippen LogP contribution in [-0.2, 0) is 4.79 Å². The van der Waals surface area contributed by atoms with E-state index in [9.17, 15) is 15.0 Å². The number of aromatic hydroxyl groups is 1. The Morgan fingerprint density at radius 2 is 2.00 bits per heavy atom. The lowest BCUT2D eigenvalue weighted by Gasteiger charge is -2.11. The second kappa shape index (κ2) is 5.35. The smallest absolute Gasteiger partial charge is 0.378 e. The van der Waals surface area contributed by atoms with Crippen molar-refractivity contribution in [3.8, 4) is 5.88 Å². The van der Waals surface area contributed by atoms with Crippen molar-refractivity contribution in [1.82, 2.24) is 0 Å². The Hall–Kier alpha value is -2.11. The third kappa shape index (κ3) is 2.34. The zero-order valence-corrected chi connectivity index (χ0v) is 12.3. The van der Waals surface area contributed by atoms with Gasteiger partial charge in [-0.2, -0.15) is 0 Å². The fraction of sp³-hybridized carbons (Fsp3) is 0.0667. The Morgan fingerprint density at radius 3 is 2.71 bits per heavy atom. The first-order valence-electron chi connectivity index (χ1n) is 6.17. The van der Waals surface area contributed by atoms with Gasteiger partial charge in [0.25, 0.3) is 6.04 Å². The highest BCUT2D eigenvalue weighted by molar-refractivity contribution is 7.17. The third-order valence-electron chi connectivity index (χ3n) is 3.28. The van der Waals surface area contributed by atoms with Gasteiger partial charge >= 0.3 is 11.8 Å². The number of thiophene rings is 1. The lowest BCUT2D eigenvalue weighted by atomic mass is 10.1. The Morgan fingerprint density at radius 1 is 1.24 bits per heavy atom. The minimum absolute atomic E-state index is 0.0823. The van der Waals surface area contributed by atoms with Gasteiger partial charge in [0.05, 0.1) is 15.3 Å². The molecule has 2 heterocycles. The van der Waals surface area contributed by atoms with E-state index < -0.39 is 12.0 Å². The molecule has 21 heavy (non-hydrogen) atoms. The van der Waals surface area contributed by atoms with E-state index in [2.05, 4.69) is 0 Å². The van der Waals surface area contributed by atoms with Crippen LogP contribution in [0.25, 0.3) is 10.1 Å². The monoisotopic (exact) mass is 320 g/mol. The molecule has 2 N–H and O–H groups in total. The fourth-order valence-electron chi connectivity index (χ4n) is 2.30. The van der Waals surface area contributed by atoms with Crippen molar-refractivity contribution in [2.24, 2.45) is 0 Å². The lowest BCUT2D eigenvalue weighted by molar-refractivity contribution is -0.706. The van der Waals surface area contributed by atoms with Crippen LogP contribution >= 0.6 is 22.9 Å². The van der Waals surface area contributed by atoms with Crippen molar-refractivity contribution in [3.05, 3.63) is 58.6 Å². The maximum Gasteiger partial charge on any atom is 0.378 e. The molecule has 1 unspecified atom stereocenters. The normalized spacial score (nSPS) is 12.4. The second-order valence-corrected chi connectivity index (χ2v) is 5.86. The molecule has 0 spiro atoms. The van der Waals surface area contributed by atoms with Crippen molar-refractivity contribution < 1.29 is 19.6 Å². The van der Waals surface area contributed by atoms with E-state index in [1.807, 2.05) is 5.38 Å². The topological polar surface area (TPSA) is 61.4 Å². The van der Waals surface area contributed by atoms with Crippen molar-refractivity contribution in [3.63, 3.8) is 0 Å². The summed E-state index contributed by atoms with van der Waals surface area (Å²) >= 11 is 7.59. The Balaban J connectivity index is 2.23. The van der Waals surface area contributed by atoms with Crippen LogP contribution in [-0.4, -0.2) is 16.2 Å². The zero-order valence-electron chi connectivity index (χ0n) is 10.7. The van der Waals surface area contributed by atoms with Gasteiger partial charge in [-0.15, -0.1) is 15.9 Å². The predicted octanol–water partition coefficient (Wildman–Crippen LogP) is 3.22. The summed E-state index contributed by atoms with van der Waals surface area (Å²) in [5.41, 5.74) is 0.432. The van der Waals surface area contributed by atoms with Crippen LogP contribution in [0.15, 0.2) is 48.0 Å². The lowest BCUT2D eigenvalue weighted by Crippen LogP contribution is -2.44. The molecule has 3 rings (SSSR count). The number of rotatable bonds is 3. The molecule has 0 saturated carbocycles. The van der Waals surface area contributed by atoms with Gasteiger partial charge in [-0.1, -0.05) is 29.8 Å². The maximum atomic E-state index is 11.7. The van der Waals surface area contributed by atoms with Crippen LogP contribution in [0.1, 0.15) is 11.6 Å². The molecule has 1 aromatic carbocycles. The van der Waals surface area contributed by atoms with Crippen molar-refractivity contribution >= 4 is 39.0 Å². The van der Waals surface area contributed by atoms with E-state index in [0.29, 0.717) is 16.0 Å².